The van der Waals surface area contributed by atoms with Crippen molar-refractivity contribution in [2.45, 2.75) is 12.6 Å². The van der Waals surface area contributed by atoms with Crippen LogP contribution in [0, 0.1) is 5.92 Å². The van der Waals surface area contributed by atoms with Gasteiger partial charge in [-0.25, -0.2) is 0 Å². The van der Waals surface area contributed by atoms with Gasteiger partial charge in [-0.15, -0.1) is 0 Å². The van der Waals surface area contributed by atoms with Crippen molar-refractivity contribution in [1.82, 2.24) is 5.32 Å². The SMILES string of the molecule is FC(F)(F)c1cccc([C]2CCNC2)c1. The Labute approximate surface area is 86.3 Å². The van der Waals surface area contributed by atoms with Crippen LogP contribution in [0.25, 0.3) is 0 Å². The van der Waals surface area contributed by atoms with Gasteiger partial charge in [0.05, 0.1) is 5.56 Å². The zero-order valence-corrected chi connectivity index (χ0v) is 8.06. The molecule has 1 heterocycles. The minimum absolute atomic E-state index is 0.570. The van der Waals surface area contributed by atoms with Gasteiger partial charge in [0.15, 0.2) is 0 Å². The van der Waals surface area contributed by atoms with E-state index in [1.165, 1.54) is 12.1 Å². The third-order valence-corrected chi connectivity index (χ3v) is 2.54. The van der Waals surface area contributed by atoms with Crippen molar-refractivity contribution in [3.05, 3.63) is 41.3 Å². The molecule has 15 heavy (non-hydrogen) atoms. The fourth-order valence-corrected chi connectivity index (χ4v) is 1.73. The predicted octanol–water partition coefficient (Wildman–Crippen LogP) is 2.62. The molecule has 1 nitrogen and oxygen atoms in total. The average molecular weight is 214 g/mol. The summed E-state index contributed by atoms with van der Waals surface area (Å²) in [4.78, 5) is 0. The molecule has 0 amide bonds. The van der Waals surface area contributed by atoms with E-state index in [0.717, 1.165) is 24.9 Å². The van der Waals surface area contributed by atoms with Crippen molar-refractivity contribution >= 4 is 0 Å². The molecule has 1 aliphatic rings. The van der Waals surface area contributed by atoms with Crippen LogP contribution in [-0.4, -0.2) is 13.1 Å². The average Bonchev–Trinajstić information content (AvgIpc) is 2.69. The summed E-state index contributed by atoms with van der Waals surface area (Å²) in [5.41, 5.74) is 0.134. The van der Waals surface area contributed by atoms with Gasteiger partial charge in [-0.3, -0.25) is 0 Å². The van der Waals surface area contributed by atoms with Crippen molar-refractivity contribution < 1.29 is 13.2 Å². The number of alkyl halides is 3. The fourth-order valence-electron chi connectivity index (χ4n) is 1.73. The molecule has 2 rings (SSSR count). The Bertz CT molecular complexity index is 340. The van der Waals surface area contributed by atoms with Crippen LogP contribution in [0.1, 0.15) is 17.5 Å². The maximum atomic E-state index is 12.4. The molecule has 0 aromatic heterocycles. The summed E-state index contributed by atoms with van der Waals surface area (Å²) < 4.78 is 37.3. The molecule has 1 aromatic carbocycles. The van der Waals surface area contributed by atoms with Gasteiger partial charge in [0.25, 0.3) is 0 Å². The first-order chi connectivity index (χ1) is 7.07. The van der Waals surface area contributed by atoms with E-state index in [2.05, 4.69) is 5.32 Å². The van der Waals surface area contributed by atoms with Crippen molar-refractivity contribution in [3.63, 3.8) is 0 Å². The van der Waals surface area contributed by atoms with Gasteiger partial charge in [0.1, 0.15) is 0 Å². The van der Waals surface area contributed by atoms with Crippen LogP contribution >= 0.6 is 0 Å². The summed E-state index contributed by atoms with van der Waals surface area (Å²) in [6.45, 7) is 1.55. The van der Waals surface area contributed by atoms with E-state index < -0.39 is 11.7 Å². The number of halogens is 3. The number of hydrogen-bond acceptors (Lipinski definition) is 1. The van der Waals surface area contributed by atoms with Crippen LogP contribution < -0.4 is 5.32 Å². The van der Waals surface area contributed by atoms with E-state index in [4.69, 9.17) is 0 Å². The Morgan fingerprint density at radius 3 is 2.60 bits per heavy atom. The van der Waals surface area contributed by atoms with Crippen LogP contribution in [0.15, 0.2) is 24.3 Å². The van der Waals surface area contributed by atoms with Crippen LogP contribution in [0.4, 0.5) is 13.2 Å². The van der Waals surface area contributed by atoms with Crippen LogP contribution in [0.5, 0.6) is 0 Å². The first-order valence-corrected chi connectivity index (χ1v) is 4.80. The summed E-state index contributed by atoms with van der Waals surface area (Å²) in [7, 11) is 0. The lowest BCUT2D eigenvalue weighted by molar-refractivity contribution is -0.137. The van der Waals surface area contributed by atoms with E-state index in [9.17, 15) is 13.2 Å². The van der Waals surface area contributed by atoms with Crippen molar-refractivity contribution in [2.24, 2.45) is 0 Å². The predicted molar refractivity (Wildman–Crippen MR) is 51.3 cm³/mol. The minimum atomic E-state index is -4.25. The molecule has 1 aliphatic heterocycles. The molecule has 0 spiro atoms. The number of benzene rings is 1. The molecule has 0 unspecified atom stereocenters. The molecule has 1 aromatic rings. The summed E-state index contributed by atoms with van der Waals surface area (Å²) >= 11 is 0. The number of rotatable bonds is 1. The van der Waals surface area contributed by atoms with Crippen LogP contribution in [0.2, 0.25) is 0 Å². The molecule has 1 N–H and O–H groups in total. The molecule has 4 heteroatoms. The van der Waals surface area contributed by atoms with E-state index >= 15 is 0 Å². The van der Waals surface area contributed by atoms with Crippen molar-refractivity contribution in [3.8, 4) is 0 Å². The topological polar surface area (TPSA) is 12.0 Å². The van der Waals surface area contributed by atoms with Gasteiger partial charge in [0.2, 0.25) is 0 Å². The highest BCUT2D eigenvalue weighted by molar-refractivity contribution is 5.37. The molecule has 0 bridgehead atoms. The Hall–Kier alpha value is -1.03. The van der Waals surface area contributed by atoms with Gasteiger partial charge < -0.3 is 5.32 Å². The quantitative estimate of drug-likeness (QED) is 0.757. The van der Waals surface area contributed by atoms with Crippen molar-refractivity contribution in [1.29, 1.82) is 0 Å². The first-order valence-electron chi connectivity index (χ1n) is 4.80. The maximum absolute atomic E-state index is 12.4. The van der Waals surface area contributed by atoms with Gasteiger partial charge in [-0.2, -0.15) is 13.2 Å². The second kappa shape index (κ2) is 3.85. The van der Waals surface area contributed by atoms with E-state index in [1.54, 1.807) is 6.07 Å². The minimum Gasteiger partial charge on any atom is -0.316 e. The second-order valence-corrected chi connectivity index (χ2v) is 3.61. The lowest BCUT2D eigenvalue weighted by Gasteiger charge is -2.11. The van der Waals surface area contributed by atoms with Crippen molar-refractivity contribution in [2.75, 3.05) is 13.1 Å². The third kappa shape index (κ3) is 2.31. The Kier molecular flexibility index (Phi) is 2.69. The highest BCUT2D eigenvalue weighted by Gasteiger charge is 2.31. The largest absolute Gasteiger partial charge is 0.416 e. The van der Waals surface area contributed by atoms with E-state index in [-0.39, 0.29) is 0 Å². The van der Waals surface area contributed by atoms with Gasteiger partial charge in [0, 0.05) is 12.5 Å². The summed E-state index contributed by atoms with van der Waals surface area (Å²) in [6, 6.07) is 5.52. The van der Waals surface area contributed by atoms with Gasteiger partial charge in [-0.1, -0.05) is 18.2 Å². The number of nitrogens with one attached hydrogen (secondary N) is 1. The Balaban J connectivity index is 2.26. The third-order valence-electron chi connectivity index (χ3n) is 2.54. The van der Waals surface area contributed by atoms with Crippen LogP contribution in [-0.2, 0) is 6.18 Å². The van der Waals surface area contributed by atoms with E-state index in [0.29, 0.717) is 12.1 Å². The summed E-state index contributed by atoms with van der Waals surface area (Å²) in [6.07, 6.45) is -3.41. The number of hydrogen-bond donors (Lipinski definition) is 1. The Morgan fingerprint density at radius 2 is 2.00 bits per heavy atom. The van der Waals surface area contributed by atoms with E-state index in [1.807, 2.05) is 0 Å². The molecule has 0 atom stereocenters. The van der Waals surface area contributed by atoms with Gasteiger partial charge in [-0.05, 0) is 24.6 Å². The standard InChI is InChI=1S/C11H11F3N/c12-11(13,14)10-3-1-2-8(6-10)9-4-5-15-7-9/h1-3,6,15H,4-5,7H2. The molecule has 1 radical (unpaired) electrons. The first kappa shape index (κ1) is 10.5. The molecule has 0 aliphatic carbocycles. The lowest BCUT2D eigenvalue weighted by atomic mass is 9.96. The lowest BCUT2D eigenvalue weighted by Crippen LogP contribution is -2.10. The summed E-state index contributed by atoms with van der Waals surface area (Å²) in [5.74, 6) is 1.06. The van der Waals surface area contributed by atoms with Gasteiger partial charge >= 0.3 is 6.18 Å². The highest BCUT2D eigenvalue weighted by Crippen LogP contribution is 2.31. The smallest absolute Gasteiger partial charge is 0.316 e. The molecule has 0 saturated carbocycles. The maximum Gasteiger partial charge on any atom is 0.416 e. The molecule has 1 saturated heterocycles. The monoisotopic (exact) mass is 214 g/mol. The summed E-state index contributed by atoms with van der Waals surface area (Å²) in [5, 5.41) is 3.11. The normalized spacial score (nSPS) is 18.3. The zero-order valence-electron chi connectivity index (χ0n) is 8.06. The second-order valence-electron chi connectivity index (χ2n) is 3.61. The Morgan fingerprint density at radius 1 is 1.20 bits per heavy atom. The molecule has 81 valence electrons. The highest BCUT2D eigenvalue weighted by atomic mass is 19.4. The molecular formula is C11H11F3N. The van der Waals surface area contributed by atoms with Crippen LogP contribution in [0.3, 0.4) is 0 Å². The molecular weight excluding hydrogens is 203 g/mol. The fraction of sp³-hybridized carbons (Fsp3) is 0.364. The molecule has 1 fully saturated rings. The zero-order chi connectivity index (χ0) is 10.9.